The molecule has 0 saturated carbocycles. The minimum Gasteiger partial charge on any atom is -0.311 e. The Bertz CT molecular complexity index is 727. The Labute approximate surface area is 122 Å². The molecule has 0 saturated heterocycles. The van der Waals surface area contributed by atoms with Gasteiger partial charge in [0.15, 0.2) is 23.2 Å². The molecule has 1 aliphatic heterocycles. The third-order valence-electron chi connectivity index (χ3n) is 3.38. The molecule has 0 spiro atoms. The van der Waals surface area contributed by atoms with Crippen molar-refractivity contribution >= 4 is 0 Å². The fourth-order valence-electron chi connectivity index (χ4n) is 2.36. The number of hydrogen-bond acceptors (Lipinski definition) is 3. The highest BCUT2D eigenvalue weighted by atomic mass is 19.4. The molecule has 1 aromatic carbocycles. The van der Waals surface area contributed by atoms with Gasteiger partial charge in [-0.2, -0.15) is 13.2 Å². The van der Waals surface area contributed by atoms with E-state index >= 15 is 0 Å². The van der Waals surface area contributed by atoms with Crippen molar-refractivity contribution in [3.05, 3.63) is 46.8 Å². The van der Waals surface area contributed by atoms with Crippen LogP contribution >= 0.6 is 0 Å². The summed E-state index contributed by atoms with van der Waals surface area (Å²) < 4.78 is 65.7. The zero-order valence-electron chi connectivity index (χ0n) is 11.1. The fourth-order valence-corrected chi connectivity index (χ4v) is 2.36. The van der Waals surface area contributed by atoms with Crippen LogP contribution in [0.15, 0.2) is 18.2 Å². The van der Waals surface area contributed by atoms with E-state index in [2.05, 4.69) is 15.3 Å². The number of fused-ring (bicyclic) bond motifs is 1. The number of halogens is 5. The lowest BCUT2D eigenvalue weighted by Crippen LogP contribution is -2.28. The second-order valence-electron chi connectivity index (χ2n) is 4.87. The third-order valence-corrected chi connectivity index (χ3v) is 3.38. The van der Waals surface area contributed by atoms with Crippen LogP contribution in [0.3, 0.4) is 0 Å². The molecule has 0 unspecified atom stereocenters. The number of nitrogens with one attached hydrogen (secondary N) is 1. The van der Waals surface area contributed by atoms with E-state index in [4.69, 9.17) is 0 Å². The molecule has 0 atom stereocenters. The van der Waals surface area contributed by atoms with Gasteiger partial charge < -0.3 is 5.32 Å². The molecule has 0 aliphatic carbocycles. The molecule has 3 rings (SSSR count). The number of rotatable bonds is 1. The molecule has 1 aliphatic rings. The Kier molecular flexibility index (Phi) is 3.56. The average Bonchev–Trinajstić information content (AvgIpc) is 2.48. The molecule has 1 aromatic heterocycles. The standard InChI is InChI=1S/C14H10F5N3/c15-9-2-1-7(5-10(9)16)13-21-11-6-20-4-3-8(11)12(22-13)14(17,18)19/h1-2,5,20H,3-4,6H2. The van der Waals surface area contributed by atoms with Crippen molar-refractivity contribution in [2.75, 3.05) is 6.54 Å². The van der Waals surface area contributed by atoms with Crippen LogP contribution in [0.5, 0.6) is 0 Å². The van der Waals surface area contributed by atoms with Crippen LogP contribution < -0.4 is 5.32 Å². The Morgan fingerprint density at radius 1 is 1.05 bits per heavy atom. The predicted molar refractivity (Wildman–Crippen MR) is 67.8 cm³/mol. The quantitative estimate of drug-likeness (QED) is 0.822. The number of benzene rings is 1. The van der Waals surface area contributed by atoms with Crippen molar-refractivity contribution in [3.63, 3.8) is 0 Å². The van der Waals surface area contributed by atoms with Crippen molar-refractivity contribution in [1.82, 2.24) is 15.3 Å². The van der Waals surface area contributed by atoms with Gasteiger partial charge in [-0.05, 0) is 31.2 Å². The molecule has 2 aromatic rings. The van der Waals surface area contributed by atoms with Gasteiger partial charge in [-0.15, -0.1) is 0 Å². The van der Waals surface area contributed by atoms with Crippen LogP contribution in [-0.2, 0) is 19.1 Å². The minimum absolute atomic E-state index is 0.00206. The first-order chi connectivity index (χ1) is 10.4. The van der Waals surface area contributed by atoms with Crippen LogP contribution in [0.1, 0.15) is 17.0 Å². The predicted octanol–water partition coefficient (Wildman–Crippen LogP) is 3.09. The molecule has 116 valence electrons. The fraction of sp³-hybridized carbons (Fsp3) is 0.286. The van der Waals surface area contributed by atoms with Gasteiger partial charge in [0.2, 0.25) is 0 Å². The highest BCUT2D eigenvalue weighted by Crippen LogP contribution is 2.34. The first-order valence-corrected chi connectivity index (χ1v) is 6.49. The normalized spacial score (nSPS) is 14.8. The molecule has 0 amide bonds. The van der Waals surface area contributed by atoms with Crippen molar-refractivity contribution < 1.29 is 22.0 Å². The van der Waals surface area contributed by atoms with E-state index in [1.807, 2.05) is 0 Å². The van der Waals surface area contributed by atoms with Crippen LogP contribution in [0, 0.1) is 11.6 Å². The van der Waals surface area contributed by atoms with Crippen LogP contribution in [0.25, 0.3) is 11.4 Å². The number of alkyl halides is 3. The highest BCUT2D eigenvalue weighted by molar-refractivity contribution is 5.56. The lowest BCUT2D eigenvalue weighted by Gasteiger charge is -2.21. The average molecular weight is 315 g/mol. The lowest BCUT2D eigenvalue weighted by molar-refractivity contribution is -0.142. The van der Waals surface area contributed by atoms with E-state index in [-0.39, 0.29) is 35.6 Å². The molecule has 0 radical (unpaired) electrons. The van der Waals surface area contributed by atoms with E-state index in [1.165, 1.54) is 0 Å². The second kappa shape index (κ2) is 5.28. The van der Waals surface area contributed by atoms with Crippen molar-refractivity contribution in [2.24, 2.45) is 0 Å². The Balaban J connectivity index is 2.18. The van der Waals surface area contributed by atoms with Crippen LogP contribution in [-0.4, -0.2) is 16.5 Å². The molecular formula is C14H10F5N3. The van der Waals surface area contributed by atoms with Crippen LogP contribution in [0.2, 0.25) is 0 Å². The third kappa shape index (κ3) is 2.66. The number of hydrogen-bond donors (Lipinski definition) is 1. The van der Waals surface area contributed by atoms with Crippen molar-refractivity contribution in [2.45, 2.75) is 19.1 Å². The summed E-state index contributed by atoms with van der Waals surface area (Å²) in [6, 6.07) is 2.77. The Hall–Kier alpha value is -2.09. The number of aromatic nitrogens is 2. The first-order valence-electron chi connectivity index (χ1n) is 6.49. The van der Waals surface area contributed by atoms with Crippen molar-refractivity contribution in [1.29, 1.82) is 0 Å². The summed E-state index contributed by atoms with van der Waals surface area (Å²) in [7, 11) is 0. The summed E-state index contributed by atoms with van der Waals surface area (Å²) in [5.74, 6) is -2.52. The molecular weight excluding hydrogens is 305 g/mol. The molecule has 2 heterocycles. The van der Waals surface area contributed by atoms with Gasteiger partial charge in [-0.25, -0.2) is 18.7 Å². The monoisotopic (exact) mass is 315 g/mol. The molecule has 0 fully saturated rings. The summed E-state index contributed by atoms with van der Waals surface area (Å²) >= 11 is 0. The van der Waals surface area contributed by atoms with E-state index in [9.17, 15) is 22.0 Å². The van der Waals surface area contributed by atoms with Gasteiger partial charge in [0.05, 0.1) is 5.69 Å². The van der Waals surface area contributed by atoms with Crippen LogP contribution in [0.4, 0.5) is 22.0 Å². The maximum Gasteiger partial charge on any atom is 0.433 e. The molecule has 8 heteroatoms. The topological polar surface area (TPSA) is 37.8 Å². The molecule has 22 heavy (non-hydrogen) atoms. The zero-order valence-corrected chi connectivity index (χ0v) is 11.1. The maximum atomic E-state index is 13.3. The van der Waals surface area contributed by atoms with E-state index in [0.29, 0.717) is 6.54 Å². The van der Waals surface area contributed by atoms with E-state index < -0.39 is 23.5 Å². The van der Waals surface area contributed by atoms with Gasteiger partial charge in [-0.1, -0.05) is 0 Å². The SMILES string of the molecule is Fc1ccc(-c2nc3c(c(C(F)(F)F)n2)CCNC3)cc1F. The Morgan fingerprint density at radius 2 is 1.82 bits per heavy atom. The van der Waals surface area contributed by atoms with Gasteiger partial charge >= 0.3 is 6.18 Å². The Morgan fingerprint density at radius 3 is 2.50 bits per heavy atom. The smallest absolute Gasteiger partial charge is 0.311 e. The largest absolute Gasteiger partial charge is 0.433 e. The van der Waals surface area contributed by atoms with Gasteiger partial charge in [0, 0.05) is 17.7 Å². The van der Waals surface area contributed by atoms with E-state index in [0.717, 1.165) is 18.2 Å². The van der Waals surface area contributed by atoms with Gasteiger partial charge in [0.1, 0.15) is 0 Å². The van der Waals surface area contributed by atoms with E-state index in [1.54, 1.807) is 0 Å². The second-order valence-corrected chi connectivity index (χ2v) is 4.87. The zero-order chi connectivity index (χ0) is 15.9. The molecule has 3 nitrogen and oxygen atoms in total. The summed E-state index contributed by atoms with van der Waals surface area (Å²) in [5.41, 5.74) is -0.734. The minimum atomic E-state index is -4.63. The highest BCUT2D eigenvalue weighted by Gasteiger charge is 2.38. The summed E-state index contributed by atoms with van der Waals surface area (Å²) in [5, 5.41) is 2.93. The van der Waals surface area contributed by atoms with Gasteiger partial charge in [-0.3, -0.25) is 0 Å². The summed E-state index contributed by atoms with van der Waals surface area (Å²) in [6.45, 7) is 0.585. The van der Waals surface area contributed by atoms with Gasteiger partial charge in [0.25, 0.3) is 0 Å². The maximum absolute atomic E-state index is 13.3. The lowest BCUT2D eigenvalue weighted by atomic mass is 10.0. The summed E-state index contributed by atoms with van der Waals surface area (Å²) in [6.07, 6.45) is -4.46. The molecule has 1 N–H and O–H groups in total. The molecule has 0 bridgehead atoms. The summed E-state index contributed by atoms with van der Waals surface area (Å²) in [4.78, 5) is 7.61. The van der Waals surface area contributed by atoms with Crippen molar-refractivity contribution in [3.8, 4) is 11.4 Å². The first kappa shape index (κ1) is 14.8. The number of nitrogens with zero attached hydrogens (tertiary/aromatic N) is 2.